The summed E-state index contributed by atoms with van der Waals surface area (Å²) < 4.78 is 40.6. The lowest BCUT2D eigenvalue weighted by Crippen LogP contribution is -2.17. The summed E-state index contributed by atoms with van der Waals surface area (Å²) >= 11 is 0. The van der Waals surface area contributed by atoms with Crippen molar-refractivity contribution in [3.63, 3.8) is 0 Å². The summed E-state index contributed by atoms with van der Waals surface area (Å²) in [5, 5.41) is 4.36. The molecule has 0 saturated heterocycles. The lowest BCUT2D eigenvalue weighted by atomic mass is 10.1. The first-order valence-electron chi connectivity index (χ1n) is 7.58. The van der Waals surface area contributed by atoms with Crippen LogP contribution in [0.15, 0.2) is 72.0 Å². The number of amides is 1. The summed E-state index contributed by atoms with van der Waals surface area (Å²) in [6.45, 7) is 0. The van der Waals surface area contributed by atoms with E-state index < -0.39 is 23.2 Å². The molecule has 4 nitrogen and oxygen atoms in total. The predicted molar refractivity (Wildman–Crippen MR) is 85.5 cm³/mol. The number of aromatic nitrogens is 2. The first-order valence-corrected chi connectivity index (χ1v) is 7.58. The highest BCUT2D eigenvalue weighted by Crippen LogP contribution is 2.32. The number of hydrogen-bond acceptors (Lipinski definition) is 2. The number of hydrogen-bond donors (Lipinski definition) is 0. The lowest BCUT2D eigenvalue weighted by Gasteiger charge is -2.13. The van der Waals surface area contributed by atoms with E-state index in [9.17, 15) is 18.0 Å². The Morgan fingerprint density at radius 1 is 1.16 bits per heavy atom. The molecule has 0 atom stereocenters. The molecule has 1 aliphatic rings. The summed E-state index contributed by atoms with van der Waals surface area (Å²) in [5.74, 6) is -0.954. The van der Waals surface area contributed by atoms with E-state index in [0.29, 0.717) is 0 Å². The molecule has 1 aromatic heterocycles. The number of carbonyl (C=O) groups is 1. The molecule has 2 aromatic rings. The number of alkyl halides is 3. The van der Waals surface area contributed by atoms with Gasteiger partial charge in [0.25, 0.3) is 5.91 Å². The molecule has 0 aliphatic heterocycles. The lowest BCUT2D eigenvalue weighted by molar-refractivity contribution is -0.137. The van der Waals surface area contributed by atoms with E-state index >= 15 is 0 Å². The highest BCUT2D eigenvalue weighted by Gasteiger charge is 2.34. The second kappa shape index (κ2) is 6.88. The van der Waals surface area contributed by atoms with Gasteiger partial charge in [-0.15, -0.1) is 0 Å². The van der Waals surface area contributed by atoms with Gasteiger partial charge in [0.2, 0.25) is 0 Å². The number of nitrogens with zero attached hydrogens (tertiary/aromatic N) is 3. The molecule has 0 N–H and O–H groups in total. The van der Waals surface area contributed by atoms with E-state index in [4.69, 9.17) is 0 Å². The Morgan fingerprint density at radius 2 is 1.88 bits per heavy atom. The van der Waals surface area contributed by atoms with E-state index in [2.05, 4.69) is 10.1 Å². The van der Waals surface area contributed by atoms with Gasteiger partial charge in [0.1, 0.15) is 0 Å². The maximum absolute atomic E-state index is 13.0. The van der Waals surface area contributed by atoms with Gasteiger partial charge in [-0.3, -0.25) is 9.48 Å². The number of rotatable bonds is 2. The molecule has 3 rings (SSSR count). The Hall–Kier alpha value is -2.96. The first-order chi connectivity index (χ1) is 11.9. The molecule has 0 saturated carbocycles. The van der Waals surface area contributed by atoms with Crippen LogP contribution in [0.25, 0.3) is 0 Å². The van der Waals surface area contributed by atoms with Gasteiger partial charge < -0.3 is 0 Å². The molecule has 1 amide bonds. The van der Waals surface area contributed by atoms with Crippen molar-refractivity contribution in [3.8, 4) is 0 Å². The molecular formula is C18H14F3N3O. The third-order valence-corrected chi connectivity index (χ3v) is 3.66. The highest BCUT2D eigenvalue weighted by molar-refractivity contribution is 5.96. The van der Waals surface area contributed by atoms with Crippen LogP contribution < -0.4 is 5.36 Å². The average molecular weight is 345 g/mol. The molecule has 0 radical (unpaired) electrons. The van der Waals surface area contributed by atoms with Gasteiger partial charge in [-0.2, -0.15) is 18.3 Å². The van der Waals surface area contributed by atoms with Crippen LogP contribution in [0.5, 0.6) is 0 Å². The van der Waals surface area contributed by atoms with Gasteiger partial charge >= 0.3 is 6.18 Å². The molecule has 7 heteroatoms. The molecule has 0 unspecified atom stereocenters. The van der Waals surface area contributed by atoms with E-state index in [1.54, 1.807) is 10.9 Å². The summed E-state index contributed by atoms with van der Waals surface area (Å²) in [6.07, 6.45) is 7.22. The number of halogens is 3. The largest absolute Gasteiger partial charge is 0.417 e. The van der Waals surface area contributed by atoms with E-state index in [1.807, 2.05) is 24.3 Å². The zero-order chi connectivity index (χ0) is 17.9. The van der Waals surface area contributed by atoms with Gasteiger partial charge in [-0.1, -0.05) is 36.4 Å². The molecule has 0 fully saturated rings. The van der Waals surface area contributed by atoms with Crippen LogP contribution in [0, 0.1) is 0 Å². The van der Waals surface area contributed by atoms with Crippen molar-refractivity contribution in [2.75, 3.05) is 0 Å². The fraction of sp³-hybridized carbons (Fsp3) is 0.167. The van der Waals surface area contributed by atoms with Gasteiger partial charge in [0, 0.05) is 6.20 Å². The van der Waals surface area contributed by atoms with Crippen LogP contribution in [-0.2, 0) is 6.18 Å². The normalized spacial score (nSPS) is 15.6. The minimum Gasteiger partial charge on any atom is -0.267 e. The van der Waals surface area contributed by atoms with Crippen molar-refractivity contribution in [2.24, 2.45) is 4.99 Å². The Kier molecular flexibility index (Phi) is 4.65. The zero-order valence-electron chi connectivity index (χ0n) is 13.0. The van der Waals surface area contributed by atoms with Crippen LogP contribution in [0.2, 0.25) is 0 Å². The Balaban J connectivity index is 1.89. The first kappa shape index (κ1) is 16.9. The highest BCUT2D eigenvalue weighted by atomic mass is 19.4. The molecule has 1 aromatic carbocycles. The second-order valence-electron chi connectivity index (χ2n) is 5.41. The van der Waals surface area contributed by atoms with Crippen LogP contribution in [0.3, 0.4) is 0 Å². The SMILES string of the molecule is O=C(N=c1ccn(C2C=CCC=C2)nc1)c1ccccc1C(F)(F)F. The second-order valence-corrected chi connectivity index (χ2v) is 5.41. The third-order valence-electron chi connectivity index (χ3n) is 3.66. The van der Waals surface area contributed by atoms with Crippen LogP contribution >= 0.6 is 0 Å². The molecular weight excluding hydrogens is 331 g/mol. The van der Waals surface area contributed by atoms with E-state index in [0.717, 1.165) is 18.6 Å². The van der Waals surface area contributed by atoms with Gasteiger partial charge in [0.15, 0.2) is 0 Å². The third kappa shape index (κ3) is 3.93. The quantitative estimate of drug-likeness (QED) is 0.779. The summed E-state index contributed by atoms with van der Waals surface area (Å²) in [7, 11) is 0. The number of benzene rings is 1. The maximum atomic E-state index is 13.0. The van der Waals surface area contributed by atoms with Crippen molar-refractivity contribution in [2.45, 2.75) is 18.6 Å². The Labute approximate surface area is 141 Å². The molecule has 0 bridgehead atoms. The predicted octanol–water partition coefficient (Wildman–Crippen LogP) is 3.70. The average Bonchev–Trinajstić information content (AvgIpc) is 2.62. The summed E-state index contributed by atoms with van der Waals surface area (Å²) in [4.78, 5) is 15.9. The Bertz CT molecular complexity index is 878. The topological polar surface area (TPSA) is 47.2 Å². The van der Waals surface area contributed by atoms with Crippen LogP contribution in [0.1, 0.15) is 28.4 Å². The maximum Gasteiger partial charge on any atom is 0.417 e. The minimum absolute atomic E-state index is 0.0237. The van der Waals surface area contributed by atoms with Gasteiger partial charge in [-0.25, -0.2) is 4.99 Å². The standard InChI is InChI=1S/C18H14F3N3O/c19-18(20,21)16-9-5-4-8-15(16)17(25)23-13-10-11-24(22-12-13)14-6-2-1-3-7-14/h2-12,14H,1H2. The van der Waals surface area contributed by atoms with Crippen LogP contribution in [-0.4, -0.2) is 15.7 Å². The fourth-order valence-corrected chi connectivity index (χ4v) is 2.45. The zero-order valence-corrected chi connectivity index (χ0v) is 13.0. The molecule has 128 valence electrons. The monoisotopic (exact) mass is 345 g/mol. The molecule has 1 aliphatic carbocycles. The molecule has 25 heavy (non-hydrogen) atoms. The molecule has 0 spiro atoms. The van der Waals surface area contributed by atoms with Crippen LogP contribution in [0.4, 0.5) is 13.2 Å². The summed E-state index contributed by atoms with van der Waals surface area (Å²) in [5.41, 5.74) is -1.48. The smallest absolute Gasteiger partial charge is 0.267 e. The van der Waals surface area contributed by atoms with Crippen molar-refractivity contribution < 1.29 is 18.0 Å². The van der Waals surface area contributed by atoms with E-state index in [-0.39, 0.29) is 11.4 Å². The fourth-order valence-electron chi connectivity index (χ4n) is 2.45. The number of carbonyl (C=O) groups excluding carboxylic acids is 1. The van der Waals surface area contributed by atoms with Gasteiger partial charge in [0.05, 0.1) is 28.7 Å². The van der Waals surface area contributed by atoms with E-state index in [1.165, 1.54) is 24.4 Å². The van der Waals surface area contributed by atoms with Crippen molar-refractivity contribution in [3.05, 3.63) is 83.5 Å². The summed E-state index contributed by atoms with van der Waals surface area (Å²) in [6, 6.07) is 6.10. The van der Waals surface area contributed by atoms with Crippen molar-refractivity contribution in [1.82, 2.24) is 9.78 Å². The van der Waals surface area contributed by atoms with Crippen molar-refractivity contribution >= 4 is 5.91 Å². The minimum atomic E-state index is -4.61. The van der Waals surface area contributed by atoms with Gasteiger partial charge in [-0.05, 0) is 24.6 Å². The molecule has 1 heterocycles. The number of allylic oxidation sites excluding steroid dienone is 4. The Morgan fingerprint density at radius 3 is 2.52 bits per heavy atom. The van der Waals surface area contributed by atoms with Crippen molar-refractivity contribution in [1.29, 1.82) is 0 Å².